The van der Waals surface area contributed by atoms with Gasteiger partial charge < -0.3 is 9.64 Å². The lowest BCUT2D eigenvalue weighted by Crippen LogP contribution is -2.54. The van der Waals surface area contributed by atoms with Gasteiger partial charge in [0.25, 0.3) is 5.91 Å². The molecule has 26 heavy (non-hydrogen) atoms. The van der Waals surface area contributed by atoms with E-state index in [0.717, 1.165) is 0 Å². The Bertz CT molecular complexity index is 717. The summed E-state index contributed by atoms with van der Waals surface area (Å²) in [7, 11) is 0. The Kier molecular flexibility index (Phi) is 6.13. The summed E-state index contributed by atoms with van der Waals surface area (Å²) in [5.74, 6) is 0.523. The SMILES string of the molecule is C[C@@H](C(=O)Nc1nncs1)N1CCN(C(=O)COc2ccccc2)CC1. The lowest BCUT2D eigenvalue weighted by Gasteiger charge is -2.37. The molecular formula is C17H21N5O3S. The Labute approximate surface area is 155 Å². The van der Waals surface area contributed by atoms with Crippen molar-refractivity contribution >= 4 is 28.3 Å². The van der Waals surface area contributed by atoms with Crippen molar-refractivity contribution in [2.24, 2.45) is 0 Å². The van der Waals surface area contributed by atoms with Crippen molar-refractivity contribution in [1.29, 1.82) is 0 Å². The molecule has 2 aromatic rings. The number of nitrogens with zero attached hydrogens (tertiary/aromatic N) is 4. The number of piperazine rings is 1. The van der Waals surface area contributed by atoms with E-state index in [-0.39, 0.29) is 24.5 Å². The molecule has 0 aliphatic carbocycles. The third kappa shape index (κ3) is 4.77. The maximum Gasteiger partial charge on any atom is 0.260 e. The van der Waals surface area contributed by atoms with Crippen LogP contribution in [0, 0.1) is 0 Å². The van der Waals surface area contributed by atoms with Gasteiger partial charge in [-0.15, -0.1) is 10.2 Å². The maximum atomic E-state index is 12.3. The number of ether oxygens (including phenoxy) is 1. The Morgan fingerprint density at radius 1 is 1.23 bits per heavy atom. The molecule has 2 amide bonds. The van der Waals surface area contributed by atoms with Gasteiger partial charge in [0.2, 0.25) is 11.0 Å². The van der Waals surface area contributed by atoms with Gasteiger partial charge in [0.1, 0.15) is 11.3 Å². The number of anilines is 1. The molecule has 138 valence electrons. The van der Waals surface area contributed by atoms with Crippen LogP contribution in [0.15, 0.2) is 35.8 Å². The molecule has 0 bridgehead atoms. The fourth-order valence-corrected chi connectivity index (χ4v) is 3.16. The number of amides is 2. The third-order valence-electron chi connectivity index (χ3n) is 4.29. The molecular weight excluding hydrogens is 354 g/mol. The number of para-hydroxylation sites is 1. The molecule has 8 nitrogen and oxygen atoms in total. The van der Waals surface area contributed by atoms with E-state index in [2.05, 4.69) is 20.4 Å². The maximum absolute atomic E-state index is 12.3. The lowest BCUT2D eigenvalue weighted by molar-refractivity contribution is -0.135. The highest BCUT2D eigenvalue weighted by atomic mass is 32.1. The fraction of sp³-hybridized carbons (Fsp3) is 0.412. The van der Waals surface area contributed by atoms with Crippen molar-refractivity contribution in [2.45, 2.75) is 13.0 Å². The van der Waals surface area contributed by atoms with Gasteiger partial charge in [-0.2, -0.15) is 0 Å². The highest BCUT2D eigenvalue weighted by Crippen LogP contribution is 2.13. The zero-order valence-electron chi connectivity index (χ0n) is 14.5. The summed E-state index contributed by atoms with van der Waals surface area (Å²) in [6.45, 7) is 4.31. The first-order valence-corrected chi connectivity index (χ1v) is 9.28. The van der Waals surface area contributed by atoms with Crippen LogP contribution in [0.1, 0.15) is 6.92 Å². The second-order valence-corrected chi connectivity index (χ2v) is 6.76. The average Bonchev–Trinajstić information content (AvgIpc) is 3.19. The second kappa shape index (κ2) is 8.72. The number of rotatable bonds is 6. The molecule has 0 spiro atoms. The van der Waals surface area contributed by atoms with E-state index >= 15 is 0 Å². The summed E-state index contributed by atoms with van der Waals surface area (Å²) in [4.78, 5) is 28.4. The molecule has 1 fully saturated rings. The van der Waals surface area contributed by atoms with Crippen LogP contribution in [0.4, 0.5) is 5.13 Å². The zero-order chi connectivity index (χ0) is 18.4. The number of nitrogens with one attached hydrogen (secondary N) is 1. The van der Waals surface area contributed by atoms with Gasteiger partial charge in [-0.1, -0.05) is 29.5 Å². The van der Waals surface area contributed by atoms with Crippen LogP contribution < -0.4 is 10.1 Å². The Morgan fingerprint density at radius 3 is 2.62 bits per heavy atom. The molecule has 0 unspecified atom stereocenters. The third-order valence-corrected chi connectivity index (χ3v) is 4.90. The molecule has 0 saturated carbocycles. The topological polar surface area (TPSA) is 87.7 Å². The monoisotopic (exact) mass is 375 g/mol. The van der Waals surface area contributed by atoms with Gasteiger partial charge in [-0.05, 0) is 19.1 Å². The summed E-state index contributed by atoms with van der Waals surface area (Å²) in [5, 5.41) is 10.8. The predicted octanol–water partition coefficient (Wildman–Crippen LogP) is 1.09. The normalized spacial score (nSPS) is 16.1. The molecule has 9 heteroatoms. The second-order valence-electron chi connectivity index (χ2n) is 5.93. The Balaban J connectivity index is 1.43. The predicted molar refractivity (Wildman–Crippen MR) is 98.1 cm³/mol. The van der Waals surface area contributed by atoms with E-state index in [4.69, 9.17) is 4.74 Å². The smallest absolute Gasteiger partial charge is 0.260 e. The number of hydrogen-bond acceptors (Lipinski definition) is 7. The van der Waals surface area contributed by atoms with Crippen molar-refractivity contribution in [3.8, 4) is 5.75 Å². The van der Waals surface area contributed by atoms with Crippen molar-refractivity contribution in [3.05, 3.63) is 35.8 Å². The molecule has 1 aromatic carbocycles. The number of hydrogen-bond donors (Lipinski definition) is 1. The molecule has 1 atom stereocenters. The molecule has 1 saturated heterocycles. The van der Waals surface area contributed by atoms with Gasteiger partial charge in [0.15, 0.2) is 6.61 Å². The van der Waals surface area contributed by atoms with Crippen LogP contribution in [0.2, 0.25) is 0 Å². The van der Waals surface area contributed by atoms with Gasteiger partial charge in [-0.25, -0.2) is 0 Å². The van der Waals surface area contributed by atoms with Crippen LogP contribution in [0.3, 0.4) is 0 Å². The summed E-state index contributed by atoms with van der Waals surface area (Å²) in [6.07, 6.45) is 0. The number of carbonyl (C=O) groups is 2. The number of benzene rings is 1. The van der Waals surface area contributed by atoms with Gasteiger partial charge in [0.05, 0.1) is 6.04 Å². The fourth-order valence-electron chi connectivity index (χ4n) is 2.71. The Hall–Kier alpha value is -2.52. The molecule has 2 heterocycles. The molecule has 1 aliphatic rings. The summed E-state index contributed by atoms with van der Waals surface area (Å²) >= 11 is 1.28. The van der Waals surface area contributed by atoms with E-state index in [1.54, 1.807) is 10.4 Å². The summed E-state index contributed by atoms with van der Waals surface area (Å²) in [5.41, 5.74) is 1.57. The van der Waals surface area contributed by atoms with Gasteiger partial charge in [-0.3, -0.25) is 19.8 Å². The quantitative estimate of drug-likeness (QED) is 0.813. The highest BCUT2D eigenvalue weighted by molar-refractivity contribution is 7.13. The van der Waals surface area contributed by atoms with E-state index in [0.29, 0.717) is 37.1 Å². The Morgan fingerprint density at radius 2 is 1.96 bits per heavy atom. The average molecular weight is 375 g/mol. The van der Waals surface area contributed by atoms with Crippen LogP contribution in [-0.4, -0.2) is 70.6 Å². The van der Waals surface area contributed by atoms with Crippen molar-refractivity contribution in [3.63, 3.8) is 0 Å². The minimum absolute atomic E-state index is 0.0249. The molecule has 1 N–H and O–H groups in total. The molecule has 0 radical (unpaired) electrons. The first-order valence-electron chi connectivity index (χ1n) is 8.40. The van der Waals surface area contributed by atoms with Gasteiger partial charge >= 0.3 is 0 Å². The summed E-state index contributed by atoms with van der Waals surface area (Å²) in [6, 6.07) is 8.99. The van der Waals surface area contributed by atoms with Crippen molar-refractivity contribution < 1.29 is 14.3 Å². The number of aromatic nitrogens is 2. The number of carbonyl (C=O) groups excluding carboxylic acids is 2. The van der Waals surface area contributed by atoms with Crippen LogP contribution in [0.25, 0.3) is 0 Å². The minimum Gasteiger partial charge on any atom is -0.484 e. The zero-order valence-corrected chi connectivity index (χ0v) is 15.3. The minimum atomic E-state index is -0.295. The molecule has 3 rings (SSSR count). The van der Waals surface area contributed by atoms with E-state index < -0.39 is 0 Å². The lowest BCUT2D eigenvalue weighted by atomic mass is 10.2. The standard InChI is InChI=1S/C17H21N5O3S/c1-13(16(24)19-17-20-18-12-26-17)21-7-9-22(10-8-21)15(23)11-25-14-5-3-2-4-6-14/h2-6,12-13H,7-11H2,1H3,(H,19,20,24)/t13-/m0/s1. The van der Waals surface area contributed by atoms with E-state index in [1.807, 2.05) is 37.3 Å². The van der Waals surface area contributed by atoms with Crippen LogP contribution in [0.5, 0.6) is 5.75 Å². The van der Waals surface area contributed by atoms with Crippen molar-refractivity contribution in [2.75, 3.05) is 38.1 Å². The summed E-state index contributed by atoms with van der Waals surface area (Å²) < 4.78 is 5.51. The van der Waals surface area contributed by atoms with E-state index in [9.17, 15) is 9.59 Å². The first-order chi connectivity index (χ1) is 12.6. The van der Waals surface area contributed by atoms with Crippen LogP contribution >= 0.6 is 11.3 Å². The largest absolute Gasteiger partial charge is 0.484 e. The highest BCUT2D eigenvalue weighted by Gasteiger charge is 2.28. The molecule has 1 aromatic heterocycles. The van der Waals surface area contributed by atoms with Crippen LogP contribution in [-0.2, 0) is 9.59 Å². The first kappa shape index (κ1) is 18.3. The van der Waals surface area contributed by atoms with Gasteiger partial charge in [0, 0.05) is 26.2 Å². The molecule has 1 aliphatic heterocycles. The van der Waals surface area contributed by atoms with E-state index in [1.165, 1.54) is 11.3 Å². The van der Waals surface area contributed by atoms with Crippen molar-refractivity contribution in [1.82, 2.24) is 20.0 Å².